The van der Waals surface area contributed by atoms with Crippen LogP contribution in [0.25, 0.3) is 0 Å². The van der Waals surface area contributed by atoms with E-state index in [4.69, 9.17) is 9.88 Å². The number of esters is 1. The van der Waals surface area contributed by atoms with Crippen LogP contribution in [0.3, 0.4) is 0 Å². The number of nitrogens with two attached hydrogens (primary N) is 1. The Morgan fingerprint density at radius 2 is 2.00 bits per heavy atom. The molecule has 0 radical (unpaired) electrons. The van der Waals surface area contributed by atoms with E-state index in [9.17, 15) is 13.2 Å². The van der Waals surface area contributed by atoms with Crippen molar-refractivity contribution < 1.29 is 22.7 Å². The fraction of sp³-hybridized carbons (Fsp3) is 0.500. The standard InChI is InChI=1S/C14H21NO5S/c1-10(2)12(9-21(15,17)18)8-20-13-6-4-5-11(7-13)14(16)19-3/h4-7,10,12H,8-9H2,1-3H3,(H2,15,17,18). The van der Waals surface area contributed by atoms with Gasteiger partial charge in [0.05, 0.1) is 25.0 Å². The number of hydrogen-bond acceptors (Lipinski definition) is 5. The highest BCUT2D eigenvalue weighted by Gasteiger charge is 2.20. The number of sulfonamides is 1. The summed E-state index contributed by atoms with van der Waals surface area (Å²) >= 11 is 0. The number of rotatable bonds is 7. The maximum Gasteiger partial charge on any atom is 0.337 e. The molecule has 21 heavy (non-hydrogen) atoms. The van der Waals surface area contributed by atoms with Crippen molar-refractivity contribution in [2.45, 2.75) is 13.8 Å². The Morgan fingerprint density at radius 3 is 2.52 bits per heavy atom. The molecule has 6 nitrogen and oxygen atoms in total. The van der Waals surface area contributed by atoms with Gasteiger partial charge < -0.3 is 9.47 Å². The molecule has 0 aliphatic rings. The molecule has 0 bridgehead atoms. The highest BCUT2D eigenvalue weighted by atomic mass is 32.2. The molecule has 7 heteroatoms. The largest absolute Gasteiger partial charge is 0.493 e. The summed E-state index contributed by atoms with van der Waals surface area (Å²) in [4.78, 5) is 11.4. The third kappa shape index (κ3) is 6.14. The summed E-state index contributed by atoms with van der Waals surface area (Å²) in [6.07, 6.45) is 0. The number of carbonyl (C=O) groups excluding carboxylic acids is 1. The molecule has 1 aromatic carbocycles. The summed E-state index contributed by atoms with van der Waals surface area (Å²) in [6.45, 7) is 4.02. The predicted molar refractivity (Wildman–Crippen MR) is 79.6 cm³/mol. The van der Waals surface area contributed by atoms with Gasteiger partial charge in [-0.2, -0.15) is 0 Å². The first kappa shape index (κ1) is 17.5. The van der Waals surface area contributed by atoms with Gasteiger partial charge in [0.25, 0.3) is 0 Å². The molecule has 1 atom stereocenters. The van der Waals surface area contributed by atoms with Crippen LogP contribution < -0.4 is 9.88 Å². The third-order valence-electron chi connectivity index (χ3n) is 3.11. The second-order valence-electron chi connectivity index (χ2n) is 5.16. The predicted octanol–water partition coefficient (Wildman–Crippen LogP) is 1.41. The molecule has 0 saturated heterocycles. The highest BCUT2D eigenvalue weighted by molar-refractivity contribution is 7.89. The molecule has 1 rings (SSSR count). The average molecular weight is 315 g/mol. The second kappa shape index (κ2) is 7.42. The monoisotopic (exact) mass is 315 g/mol. The Bertz CT molecular complexity index is 583. The van der Waals surface area contributed by atoms with Crippen molar-refractivity contribution in [2.24, 2.45) is 17.0 Å². The van der Waals surface area contributed by atoms with Crippen LogP contribution in [0, 0.1) is 11.8 Å². The van der Waals surface area contributed by atoms with E-state index in [0.717, 1.165) is 0 Å². The molecule has 2 N–H and O–H groups in total. The Hall–Kier alpha value is -1.60. The van der Waals surface area contributed by atoms with Gasteiger partial charge in [0.15, 0.2) is 0 Å². The number of primary sulfonamides is 1. The number of ether oxygens (including phenoxy) is 2. The Morgan fingerprint density at radius 1 is 1.33 bits per heavy atom. The normalized spacial score (nSPS) is 13.0. The van der Waals surface area contributed by atoms with Gasteiger partial charge in [0, 0.05) is 5.92 Å². The van der Waals surface area contributed by atoms with Gasteiger partial charge in [-0.05, 0) is 24.1 Å². The van der Waals surface area contributed by atoms with Crippen molar-refractivity contribution in [3.8, 4) is 5.75 Å². The van der Waals surface area contributed by atoms with Crippen LogP contribution in [0.1, 0.15) is 24.2 Å². The van der Waals surface area contributed by atoms with E-state index >= 15 is 0 Å². The lowest BCUT2D eigenvalue weighted by molar-refractivity contribution is 0.0600. The minimum absolute atomic E-state index is 0.104. The van der Waals surface area contributed by atoms with Gasteiger partial charge in [-0.3, -0.25) is 0 Å². The Kier molecular flexibility index (Phi) is 6.17. The molecule has 0 aliphatic carbocycles. The number of benzene rings is 1. The molecule has 0 saturated carbocycles. The molecule has 0 aliphatic heterocycles. The lowest BCUT2D eigenvalue weighted by atomic mass is 9.99. The topological polar surface area (TPSA) is 95.7 Å². The molecular formula is C14H21NO5S. The zero-order chi connectivity index (χ0) is 16.0. The van der Waals surface area contributed by atoms with Crippen molar-refractivity contribution in [3.63, 3.8) is 0 Å². The van der Waals surface area contributed by atoms with Crippen LogP contribution in [0.15, 0.2) is 24.3 Å². The lowest BCUT2D eigenvalue weighted by Crippen LogP contribution is -2.30. The minimum Gasteiger partial charge on any atom is -0.493 e. The molecule has 118 valence electrons. The van der Waals surface area contributed by atoms with E-state index in [1.54, 1.807) is 24.3 Å². The van der Waals surface area contributed by atoms with E-state index in [0.29, 0.717) is 11.3 Å². The van der Waals surface area contributed by atoms with Crippen LogP contribution in [-0.2, 0) is 14.8 Å². The zero-order valence-electron chi connectivity index (χ0n) is 12.4. The summed E-state index contributed by atoms with van der Waals surface area (Å²) in [7, 11) is -2.25. The Balaban J connectivity index is 2.74. The fourth-order valence-corrected chi connectivity index (χ4v) is 2.84. The average Bonchev–Trinajstić information content (AvgIpc) is 2.41. The second-order valence-corrected chi connectivity index (χ2v) is 6.82. The van der Waals surface area contributed by atoms with Crippen LogP contribution in [0.5, 0.6) is 5.75 Å². The summed E-state index contributed by atoms with van der Waals surface area (Å²) < 4.78 is 32.6. The number of hydrogen-bond donors (Lipinski definition) is 1. The van der Waals surface area contributed by atoms with Crippen molar-refractivity contribution in [3.05, 3.63) is 29.8 Å². The van der Waals surface area contributed by atoms with E-state index < -0.39 is 16.0 Å². The van der Waals surface area contributed by atoms with E-state index in [-0.39, 0.29) is 24.2 Å². The molecule has 0 fully saturated rings. The minimum atomic E-state index is -3.55. The van der Waals surface area contributed by atoms with E-state index in [1.165, 1.54) is 7.11 Å². The number of carbonyl (C=O) groups is 1. The van der Waals surface area contributed by atoms with Crippen molar-refractivity contribution >= 4 is 16.0 Å². The number of methoxy groups -OCH3 is 1. The molecule has 0 spiro atoms. The third-order valence-corrected chi connectivity index (χ3v) is 4.00. The van der Waals surface area contributed by atoms with Gasteiger partial charge in [-0.25, -0.2) is 18.4 Å². The van der Waals surface area contributed by atoms with Gasteiger partial charge in [0.1, 0.15) is 5.75 Å². The molecule has 0 aromatic heterocycles. The Labute approximate surface area is 125 Å². The van der Waals surface area contributed by atoms with Crippen LogP contribution in [0.2, 0.25) is 0 Å². The van der Waals surface area contributed by atoms with Crippen molar-refractivity contribution in [1.82, 2.24) is 0 Å². The fourth-order valence-electron chi connectivity index (χ4n) is 1.77. The maximum atomic E-state index is 11.4. The summed E-state index contributed by atoms with van der Waals surface area (Å²) in [6, 6.07) is 6.54. The maximum absolute atomic E-state index is 11.4. The first-order valence-electron chi connectivity index (χ1n) is 6.54. The van der Waals surface area contributed by atoms with Gasteiger partial charge >= 0.3 is 5.97 Å². The molecule has 1 aromatic rings. The summed E-state index contributed by atoms with van der Waals surface area (Å²) in [5.41, 5.74) is 0.377. The van der Waals surface area contributed by atoms with Gasteiger partial charge in [-0.1, -0.05) is 19.9 Å². The SMILES string of the molecule is COC(=O)c1cccc(OCC(CS(N)(=O)=O)C(C)C)c1. The smallest absolute Gasteiger partial charge is 0.337 e. The summed E-state index contributed by atoms with van der Waals surface area (Å²) in [5, 5.41) is 5.08. The van der Waals surface area contributed by atoms with E-state index in [2.05, 4.69) is 4.74 Å². The van der Waals surface area contributed by atoms with Gasteiger partial charge in [-0.15, -0.1) is 0 Å². The van der Waals surface area contributed by atoms with Crippen molar-refractivity contribution in [2.75, 3.05) is 19.5 Å². The van der Waals surface area contributed by atoms with Gasteiger partial charge in [0.2, 0.25) is 10.0 Å². The molecule has 1 unspecified atom stereocenters. The van der Waals surface area contributed by atoms with Crippen LogP contribution in [-0.4, -0.2) is 33.9 Å². The molecule has 0 amide bonds. The van der Waals surface area contributed by atoms with Crippen LogP contribution in [0.4, 0.5) is 0 Å². The first-order chi connectivity index (χ1) is 9.73. The molecule has 0 heterocycles. The quantitative estimate of drug-likeness (QED) is 0.768. The lowest BCUT2D eigenvalue weighted by Gasteiger charge is -2.20. The zero-order valence-corrected chi connectivity index (χ0v) is 13.2. The van der Waals surface area contributed by atoms with E-state index in [1.807, 2.05) is 13.8 Å². The molecular weight excluding hydrogens is 294 g/mol. The highest BCUT2D eigenvalue weighted by Crippen LogP contribution is 2.18. The van der Waals surface area contributed by atoms with Crippen molar-refractivity contribution in [1.29, 1.82) is 0 Å². The first-order valence-corrected chi connectivity index (χ1v) is 8.26. The summed E-state index contributed by atoms with van der Waals surface area (Å²) in [5.74, 6) is -0.223. The van der Waals surface area contributed by atoms with Crippen LogP contribution >= 0.6 is 0 Å².